The van der Waals surface area contributed by atoms with Crippen LogP contribution in [0.25, 0.3) is 22.0 Å². The number of aromatic nitrogens is 2. The fourth-order valence-corrected chi connectivity index (χ4v) is 3.14. The number of aromatic amines is 1. The second kappa shape index (κ2) is 5.76. The van der Waals surface area contributed by atoms with E-state index in [0.29, 0.717) is 27.5 Å². The van der Waals surface area contributed by atoms with Crippen LogP contribution in [0.4, 0.5) is 0 Å². The van der Waals surface area contributed by atoms with Crippen LogP contribution in [-0.4, -0.2) is 15.8 Å². The highest BCUT2D eigenvalue weighted by Gasteiger charge is 2.30. The van der Waals surface area contributed by atoms with Gasteiger partial charge < -0.3 is 9.40 Å². The fourth-order valence-electron chi connectivity index (χ4n) is 2.93. The molecule has 0 bridgehead atoms. The van der Waals surface area contributed by atoms with Gasteiger partial charge in [0.15, 0.2) is 17.3 Å². The van der Waals surface area contributed by atoms with Gasteiger partial charge in [-0.25, -0.2) is 4.98 Å². The summed E-state index contributed by atoms with van der Waals surface area (Å²) >= 11 is 6.14. The van der Waals surface area contributed by atoms with E-state index in [1.807, 2.05) is 36.4 Å². The average molecular weight is 350 g/mol. The van der Waals surface area contributed by atoms with Crippen LogP contribution in [-0.2, 0) is 0 Å². The Balaban J connectivity index is 1.82. The predicted octanol–water partition coefficient (Wildman–Crippen LogP) is 4.76. The molecule has 5 nitrogen and oxygen atoms in total. The van der Waals surface area contributed by atoms with Gasteiger partial charge >= 0.3 is 0 Å². The molecule has 25 heavy (non-hydrogen) atoms. The molecule has 1 N–H and O–H groups in total. The monoisotopic (exact) mass is 349 g/mol. The van der Waals surface area contributed by atoms with Gasteiger partial charge in [-0.3, -0.25) is 4.79 Å². The lowest BCUT2D eigenvalue weighted by Gasteiger charge is -2.03. The number of rotatable bonds is 3. The zero-order valence-electron chi connectivity index (χ0n) is 13.2. The number of nitrogens with one attached hydrogen (secondary N) is 1. The summed E-state index contributed by atoms with van der Waals surface area (Å²) in [5, 5.41) is 10.7. The van der Waals surface area contributed by atoms with Crippen LogP contribution in [0.1, 0.15) is 27.9 Å². The Kier molecular flexibility index (Phi) is 3.56. The molecule has 4 aromatic rings. The number of carbonyl (C=O) groups excluding carboxylic acids is 1. The first kappa shape index (κ1) is 15.4. The molecule has 2 heterocycles. The molecule has 0 radical (unpaired) electrons. The molecule has 0 saturated heterocycles. The Morgan fingerprint density at radius 1 is 1.28 bits per heavy atom. The van der Waals surface area contributed by atoms with Gasteiger partial charge in [0.05, 0.1) is 22.1 Å². The molecule has 2 aromatic heterocycles. The van der Waals surface area contributed by atoms with Crippen molar-refractivity contribution in [2.45, 2.75) is 12.8 Å². The van der Waals surface area contributed by atoms with Crippen molar-refractivity contribution in [3.63, 3.8) is 0 Å². The lowest BCUT2D eigenvalue weighted by Crippen LogP contribution is -2.13. The van der Waals surface area contributed by atoms with E-state index in [1.54, 1.807) is 19.1 Å². The van der Waals surface area contributed by atoms with Gasteiger partial charge in [0.2, 0.25) is 5.78 Å². The summed E-state index contributed by atoms with van der Waals surface area (Å²) in [4.78, 5) is 20.3. The van der Waals surface area contributed by atoms with E-state index in [4.69, 9.17) is 16.0 Å². The molecular formula is C19H12ClN3O2. The van der Waals surface area contributed by atoms with Crippen molar-refractivity contribution in [3.05, 3.63) is 64.6 Å². The largest absolute Gasteiger partial charge is 0.451 e. The zero-order chi connectivity index (χ0) is 17.6. The van der Waals surface area contributed by atoms with E-state index in [1.165, 1.54) is 0 Å². The van der Waals surface area contributed by atoms with E-state index in [-0.39, 0.29) is 5.76 Å². The van der Waals surface area contributed by atoms with Crippen LogP contribution in [0.15, 0.2) is 46.9 Å². The zero-order valence-corrected chi connectivity index (χ0v) is 14.0. The third-order valence-corrected chi connectivity index (χ3v) is 4.51. The third kappa shape index (κ3) is 2.39. The van der Waals surface area contributed by atoms with Crippen molar-refractivity contribution in [3.8, 4) is 6.07 Å². The SMILES string of the molecule is Cc1c(C(=O)[C@@H](C#N)c2nc3ccccc3[nH]2)oc2c(Cl)cccc12. The number of aryl methyl sites for hydroxylation is 1. The molecule has 0 unspecified atom stereocenters. The quantitative estimate of drug-likeness (QED) is 0.540. The number of hydrogen-bond donors (Lipinski definition) is 1. The maximum absolute atomic E-state index is 12.9. The summed E-state index contributed by atoms with van der Waals surface area (Å²) in [5.41, 5.74) is 2.59. The van der Waals surface area contributed by atoms with Gasteiger partial charge in [0.1, 0.15) is 5.82 Å². The minimum atomic E-state index is -1.08. The van der Waals surface area contributed by atoms with Crippen LogP contribution >= 0.6 is 11.6 Å². The fraction of sp³-hybridized carbons (Fsp3) is 0.105. The molecule has 0 aliphatic heterocycles. The summed E-state index contributed by atoms with van der Waals surface area (Å²) in [6, 6.07) is 14.7. The normalized spacial score (nSPS) is 12.4. The first-order valence-electron chi connectivity index (χ1n) is 7.66. The standard InChI is InChI=1S/C19H12ClN3O2/c1-10-11-5-4-6-13(20)18(11)25-17(10)16(24)12(9-21)19-22-14-7-2-3-8-15(14)23-19/h2-8,12H,1H3,(H,22,23)/t12-/m1/s1. The topological polar surface area (TPSA) is 82.7 Å². The van der Waals surface area contributed by atoms with Crippen molar-refractivity contribution in [1.82, 2.24) is 9.97 Å². The smallest absolute Gasteiger partial charge is 0.223 e. The molecule has 0 aliphatic carbocycles. The van der Waals surface area contributed by atoms with Crippen molar-refractivity contribution in [2.24, 2.45) is 0 Å². The molecule has 6 heteroatoms. The minimum Gasteiger partial charge on any atom is -0.451 e. The molecule has 0 saturated carbocycles. The van der Waals surface area contributed by atoms with Crippen LogP contribution in [0, 0.1) is 18.3 Å². The summed E-state index contributed by atoms with van der Waals surface area (Å²) in [6.07, 6.45) is 0. The molecular weight excluding hydrogens is 338 g/mol. The van der Waals surface area contributed by atoms with Gasteiger partial charge in [-0.15, -0.1) is 0 Å². The Hall–Kier alpha value is -3.10. The number of nitrogens with zero attached hydrogens (tertiary/aromatic N) is 2. The van der Waals surface area contributed by atoms with Gasteiger partial charge in [-0.05, 0) is 25.1 Å². The van der Waals surface area contributed by atoms with E-state index >= 15 is 0 Å². The molecule has 122 valence electrons. The Morgan fingerprint density at radius 2 is 2.08 bits per heavy atom. The Bertz CT molecular complexity index is 1130. The average Bonchev–Trinajstić information content (AvgIpc) is 3.18. The van der Waals surface area contributed by atoms with Crippen LogP contribution in [0.3, 0.4) is 0 Å². The van der Waals surface area contributed by atoms with E-state index in [2.05, 4.69) is 9.97 Å². The van der Waals surface area contributed by atoms with E-state index in [0.717, 1.165) is 10.9 Å². The highest BCUT2D eigenvalue weighted by Crippen LogP contribution is 2.33. The van der Waals surface area contributed by atoms with Gasteiger partial charge in [-0.2, -0.15) is 5.26 Å². The van der Waals surface area contributed by atoms with Crippen LogP contribution < -0.4 is 0 Å². The first-order valence-corrected chi connectivity index (χ1v) is 8.04. The first-order chi connectivity index (χ1) is 12.1. The number of imidazole rings is 1. The number of benzene rings is 2. The Morgan fingerprint density at radius 3 is 2.80 bits per heavy atom. The number of carbonyl (C=O) groups is 1. The van der Waals surface area contributed by atoms with Gasteiger partial charge in [0.25, 0.3) is 0 Å². The van der Waals surface area contributed by atoms with E-state index < -0.39 is 11.7 Å². The molecule has 1 atom stereocenters. The molecule has 0 fully saturated rings. The molecule has 4 rings (SSSR count). The van der Waals surface area contributed by atoms with Crippen LogP contribution in [0.5, 0.6) is 0 Å². The number of nitriles is 1. The lowest BCUT2D eigenvalue weighted by molar-refractivity contribution is 0.0951. The predicted molar refractivity (Wildman–Crippen MR) is 94.7 cm³/mol. The molecule has 0 aliphatic rings. The van der Waals surface area contributed by atoms with Crippen molar-refractivity contribution in [1.29, 1.82) is 5.26 Å². The second-order valence-electron chi connectivity index (χ2n) is 5.74. The summed E-state index contributed by atoms with van der Waals surface area (Å²) < 4.78 is 5.70. The second-order valence-corrected chi connectivity index (χ2v) is 6.15. The van der Waals surface area contributed by atoms with Crippen LogP contribution in [0.2, 0.25) is 5.02 Å². The number of para-hydroxylation sites is 3. The number of fused-ring (bicyclic) bond motifs is 2. The van der Waals surface area contributed by atoms with Crippen molar-refractivity contribution >= 4 is 39.4 Å². The molecule has 0 spiro atoms. The van der Waals surface area contributed by atoms with Crippen molar-refractivity contribution < 1.29 is 9.21 Å². The highest BCUT2D eigenvalue weighted by molar-refractivity contribution is 6.35. The highest BCUT2D eigenvalue weighted by atomic mass is 35.5. The Labute approximate surface area is 147 Å². The van der Waals surface area contributed by atoms with E-state index in [9.17, 15) is 10.1 Å². The van der Waals surface area contributed by atoms with Gasteiger partial charge in [0, 0.05) is 10.9 Å². The maximum atomic E-state index is 12.9. The number of Topliss-reactive ketones (excluding diaryl/α,β-unsaturated/α-hetero) is 1. The van der Waals surface area contributed by atoms with Crippen molar-refractivity contribution in [2.75, 3.05) is 0 Å². The van der Waals surface area contributed by atoms with Gasteiger partial charge in [-0.1, -0.05) is 35.9 Å². The summed E-state index contributed by atoms with van der Waals surface area (Å²) in [5.74, 6) is -1.08. The number of halogens is 1. The summed E-state index contributed by atoms with van der Waals surface area (Å²) in [6.45, 7) is 1.78. The summed E-state index contributed by atoms with van der Waals surface area (Å²) in [7, 11) is 0. The lowest BCUT2D eigenvalue weighted by atomic mass is 10.00. The number of furan rings is 1. The molecule has 2 aromatic carbocycles. The minimum absolute atomic E-state index is 0.134. The number of ketones is 1. The molecule has 0 amide bonds. The number of H-pyrrole nitrogens is 1. The maximum Gasteiger partial charge on any atom is 0.223 e. The number of hydrogen-bond acceptors (Lipinski definition) is 4. The third-order valence-electron chi connectivity index (χ3n) is 4.21.